The van der Waals surface area contributed by atoms with Crippen LogP contribution in [0.1, 0.15) is 12.8 Å². The maximum absolute atomic E-state index is 12.5. The predicted molar refractivity (Wildman–Crippen MR) is 92.6 cm³/mol. The van der Waals surface area contributed by atoms with Gasteiger partial charge in [-0.1, -0.05) is 0 Å². The van der Waals surface area contributed by atoms with Gasteiger partial charge in [0.15, 0.2) is 0 Å². The van der Waals surface area contributed by atoms with E-state index in [4.69, 9.17) is 4.74 Å². The quantitative estimate of drug-likeness (QED) is 0.802. The highest BCUT2D eigenvalue weighted by molar-refractivity contribution is 7.99. The molecule has 2 heterocycles. The van der Waals surface area contributed by atoms with E-state index in [1.165, 1.54) is 7.11 Å². The van der Waals surface area contributed by atoms with Crippen LogP contribution in [-0.4, -0.2) is 52.6 Å². The van der Waals surface area contributed by atoms with Crippen LogP contribution in [0, 0.1) is 0 Å². The number of ether oxygens (including phenoxy) is 1. The van der Waals surface area contributed by atoms with Gasteiger partial charge in [0, 0.05) is 19.2 Å². The first-order chi connectivity index (χ1) is 11.1. The van der Waals surface area contributed by atoms with E-state index in [1.807, 2.05) is 18.8 Å². The second-order valence-electron chi connectivity index (χ2n) is 5.56. The van der Waals surface area contributed by atoms with Gasteiger partial charge in [-0.3, -0.25) is 0 Å². The molecule has 3 rings (SSSR count). The predicted octanol–water partition coefficient (Wildman–Crippen LogP) is 2.22. The van der Waals surface area contributed by atoms with Gasteiger partial charge in [0.2, 0.25) is 0 Å². The largest absolute Gasteiger partial charge is 0.494 e. The zero-order valence-corrected chi connectivity index (χ0v) is 14.0. The number of methoxy groups -OCH3 is 1. The number of thioether (sulfide) groups is 1. The minimum atomic E-state index is -0.289. The third-order valence-corrected chi connectivity index (χ3v) is 5.19. The Morgan fingerprint density at radius 3 is 2.61 bits per heavy atom. The molecule has 1 saturated heterocycles. The van der Waals surface area contributed by atoms with Crippen LogP contribution in [0.5, 0.6) is 5.75 Å². The lowest BCUT2D eigenvalue weighted by Crippen LogP contribution is -2.41. The number of aromatic amines is 2. The number of hydrogen-bond acceptors (Lipinski definition) is 4. The van der Waals surface area contributed by atoms with Gasteiger partial charge < -0.3 is 24.9 Å². The highest BCUT2D eigenvalue weighted by atomic mass is 32.2. The van der Waals surface area contributed by atoms with Crippen molar-refractivity contribution in [2.45, 2.75) is 18.9 Å². The van der Waals surface area contributed by atoms with Gasteiger partial charge in [0.1, 0.15) is 5.75 Å². The van der Waals surface area contributed by atoms with E-state index in [1.54, 1.807) is 17.0 Å². The highest BCUT2D eigenvalue weighted by Gasteiger charge is 2.23. The second-order valence-corrected chi connectivity index (χ2v) is 6.79. The van der Waals surface area contributed by atoms with Crippen molar-refractivity contribution in [2.75, 3.05) is 31.0 Å². The molecule has 0 atom stereocenters. The van der Waals surface area contributed by atoms with E-state index in [-0.39, 0.29) is 17.8 Å². The number of nitrogens with one attached hydrogen (secondary N) is 3. The summed E-state index contributed by atoms with van der Waals surface area (Å²) < 4.78 is 5.32. The number of fused-ring (bicyclic) bond motifs is 1. The van der Waals surface area contributed by atoms with Gasteiger partial charge in [-0.2, -0.15) is 11.8 Å². The molecule has 2 aromatic rings. The lowest BCUT2D eigenvalue weighted by Gasteiger charge is -2.31. The van der Waals surface area contributed by atoms with E-state index in [2.05, 4.69) is 15.3 Å². The Kier molecular flexibility index (Phi) is 4.51. The first kappa shape index (κ1) is 15.8. The van der Waals surface area contributed by atoms with Gasteiger partial charge >= 0.3 is 11.7 Å². The summed E-state index contributed by atoms with van der Waals surface area (Å²) in [5.74, 6) is 2.68. The Balaban J connectivity index is 1.81. The summed E-state index contributed by atoms with van der Waals surface area (Å²) in [6.45, 7) is 0. The lowest BCUT2D eigenvalue weighted by molar-refractivity contribution is 0.200. The third-order valence-electron chi connectivity index (χ3n) is 4.14. The van der Waals surface area contributed by atoms with Crippen LogP contribution in [-0.2, 0) is 0 Å². The van der Waals surface area contributed by atoms with Crippen LogP contribution in [0.15, 0.2) is 16.9 Å². The van der Waals surface area contributed by atoms with Gasteiger partial charge in [0.25, 0.3) is 0 Å². The highest BCUT2D eigenvalue weighted by Crippen LogP contribution is 2.29. The molecule has 1 fully saturated rings. The van der Waals surface area contributed by atoms with Gasteiger partial charge in [-0.25, -0.2) is 9.59 Å². The molecule has 2 amide bonds. The normalized spacial score (nSPS) is 15.6. The number of benzene rings is 1. The fraction of sp³-hybridized carbons (Fsp3) is 0.467. The summed E-state index contributed by atoms with van der Waals surface area (Å²) in [5, 5.41) is 2.88. The zero-order chi connectivity index (χ0) is 16.4. The molecule has 1 aromatic carbocycles. The van der Waals surface area contributed by atoms with Crippen molar-refractivity contribution in [3.63, 3.8) is 0 Å². The number of H-pyrrole nitrogens is 2. The molecule has 0 unspecified atom stereocenters. The summed E-state index contributed by atoms with van der Waals surface area (Å²) in [6, 6.07) is 3.49. The topological polar surface area (TPSA) is 90.2 Å². The Labute approximate surface area is 137 Å². The van der Waals surface area contributed by atoms with Crippen molar-refractivity contribution in [3.05, 3.63) is 22.6 Å². The molecule has 1 aromatic heterocycles. The SMILES string of the molecule is COc1cc2[nH]c(=O)[nH]c2cc1NC(=O)N(C)C1CCSCC1. The molecular formula is C15H20N4O3S. The first-order valence-electron chi connectivity index (χ1n) is 7.50. The number of carbonyl (C=O) groups excluding carboxylic acids is 1. The number of anilines is 1. The number of nitrogens with zero attached hydrogens (tertiary/aromatic N) is 1. The first-order valence-corrected chi connectivity index (χ1v) is 8.65. The van der Waals surface area contributed by atoms with Gasteiger partial charge in [-0.05, 0) is 30.4 Å². The second kappa shape index (κ2) is 6.57. The van der Waals surface area contributed by atoms with E-state index >= 15 is 0 Å². The standard InChI is InChI=1S/C15H20N4O3S/c1-19(9-3-5-23-6-4-9)15(21)18-12-7-10-11(8-13(12)22-2)17-14(20)16-10/h7-9H,3-6H2,1-2H3,(H,18,21)(H2,16,17,20). The number of carbonyl (C=O) groups is 1. The molecule has 124 valence electrons. The molecule has 23 heavy (non-hydrogen) atoms. The van der Waals surface area contributed by atoms with E-state index in [0.29, 0.717) is 22.5 Å². The molecular weight excluding hydrogens is 316 g/mol. The van der Waals surface area contributed by atoms with Gasteiger partial charge in [-0.15, -0.1) is 0 Å². The minimum Gasteiger partial charge on any atom is -0.494 e. The molecule has 0 spiro atoms. The average Bonchev–Trinajstić information content (AvgIpc) is 2.93. The zero-order valence-electron chi connectivity index (χ0n) is 13.1. The van der Waals surface area contributed by atoms with Crippen molar-refractivity contribution >= 4 is 34.5 Å². The lowest BCUT2D eigenvalue weighted by atomic mass is 10.1. The molecule has 3 N–H and O–H groups in total. The molecule has 1 aliphatic heterocycles. The molecule has 8 heteroatoms. The molecule has 0 bridgehead atoms. The fourth-order valence-corrected chi connectivity index (χ4v) is 3.85. The van der Waals surface area contributed by atoms with Crippen LogP contribution in [0.3, 0.4) is 0 Å². The summed E-state index contributed by atoms with van der Waals surface area (Å²) in [5.41, 5.74) is 1.52. The number of amides is 2. The van der Waals surface area contributed by atoms with Crippen molar-refractivity contribution in [1.82, 2.24) is 14.9 Å². The minimum absolute atomic E-state index is 0.169. The van der Waals surface area contributed by atoms with Crippen LogP contribution in [0.4, 0.5) is 10.5 Å². The monoisotopic (exact) mass is 336 g/mol. The number of imidazole rings is 1. The smallest absolute Gasteiger partial charge is 0.323 e. The maximum atomic E-state index is 12.5. The fourth-order valence-electron chi connectivity index (χ4n) is 2.77. The molecule has 0 aliphatic carbocycles. The van der Waals surface area contributed by atoms with Crippen LogP contribution >= 0.6 is 11.8 Å². The Bertz CT molecular complexity index is 764. The maximum Gasteiger partial charge on any atom is 0.323 e. The van der Waals surface area contributed by atoms with Crippen molar-refractivity contribution in [3.8, 4) is 5.75 Å². The Morgan fingerprint density at radius 2 is 1.96 bits per heavy atom. The number of hydrogen-bond donors (Lipinski definition) is 3. The van der Waals surface area contributed by atoms with Crippen LogP contribution in [0.25, 0.3) is 11.0 Å². The van der Waals surface area contributed by atoms with E-state index in [9.17, 15) is 9.59 Å². The Hall–Kier alpha value is -2.09. The van der Waals surface area contributed by atoms with Crippen molar-refractivity contribution in [1.29, 1.82) is 0 Å². The van der Waals surface area contributed by atoms with Gasteiger partial charge in [0.05, 0.1) is 23.8 Å². The average molecular weight is 336 g/mol. The van der Waals surface area contributed by atoms with E-state index in [0.717, 1.165) is 24.3 Å². The molecule has 0 saturated carbocycles. The third kappa shape index (κ3) is 3.31. The summed E-state index contributed by atoms with van der Waals surface area (Å²) in [4.78, 5) is 31.0. The summed E-state index contributed by atoms with van der Waals surface area (Å²) in [6.07, 6.45) is 2.02. The summed E-state index contributed by atoms with van der Waals surface area (Å²) >= 11 is 1.93. The number of rotatable bonds is 3. The molecule has 0 radical (unpaired) electrons. The molecule has 1 aliphatic rings. The molecule has 7 nitrogen and oxygen atoms in total. The van der Waals surface area contributed by atoms with Crippen molar-refractivity contribution < 1.29 is 9.53 Å². The van der Waals surface area contributed by atoms with Crippen molar-refractivity contribution in [2.24, 2.45) is 0 Å². The van der Waals surface area contributed by atoms with Crippen LogP contribution < -0.4 is 15.7 Å². The van der Waals surface area contributed by atoms with E-state index < -0.39 is 0 Å². The number of urea groups is 1. The summed E-state index contributed by atoms with van der Waals surface area (Å²) in [7, 11) is 3.35. The Morgan fingerprint density at radius 1 is 1.30 bits per heavy atom. The number of aromatic nitrogens is 2. The van der Waals surface area contributed by atoms with Crippen LogP contribution in [0.2, 0.25) is 0 Å².